The Kier molecular flexibility index (Phi) is 6.26. The van der Waals surface area contributed by atoms with Crippen molar-refractivity contribution in [3.05, 3.63) is 33.1 Å². The summed E-state index contributed by atoms with van der Waals surface area (Å²) >= 11 is 0. The first-order valence-electron chi connectivity index (χ1n) is 8.76. The molecule has 1 aliphatic heterocycles. The molecule has 1 aliphatic rings. The quantitative estimate of drug-likeness (QED) is 0.457. The molecule has 0 saturated carbocycles. The number of hydrogen-bond acceptors (Lipinski definition) is 7. The molecule has 26 heavy (non-hydrogen) atoms. The van der Waals surface area contributed by atoms with Crippen molar-refractivity contribution in [2.75, 3.05) is 26.9 Å². The van der Waals surface area contributed by atoms with E-state index in [0.29, 0.717) is 0 Å². The Balaban J connectivity index is 2.13. The van der Waals surface area contributed by atoms with Crippen molar-refractivity contribution in [3.8, 4) is 0 Å². The number of aromatic nitrogens is 2. The van der Waals surface area contributed by atoms with E-state index in [4.69, 9.17) is 12.2 Å². The number of phosphoric ester groups is 1. The van der Waals surface area contributed by atoms with Gasteiger partial charge in [-0.2, -0.15) is 0 Å². The number of H-pyrrole nitrogens is 1. The van der Waals surface area contributed by atoms with Gasteiger partial charge in [-0.05, 0) is 6.42 Å². The van der Waals surface area contributed by atoms with E-state index >= 15 is 0 Å². The topological polar surface area (TPSA) is 129 Å². The van der Waals surface area contributed by atoms with Crippen LogP contribution in [0.3, 0.4) is 0 Å². The van der Waals surface area contributed by atoms with Crippen LogP contribution in [0.2, 0.25) is 0 Å². The smallest absolute Gasteiger partial charge is 0.385 e. The number of ether oxygens (including phenoxy) is 2. The van der Waals surface area contributed by atoms with Gasteiger partial charge in [0.1, 0.15) is 0 Å². The second-order valence-corrected chi connectivity index (χ2v) is 7.00. The third-order valence-corrected chi connectivity index (χ3v) is 4.54. The predicted molar refractivity (Wildman–Crippen MR) is 87.5 cm³/mol. The van der Waals surface area contributed by atoms with Gasteiger partial charge < -0.3 is 14.4 Å². The zero-order chi connectivity index (χ0) is 21.1. The Bertz CT molecular complexity index is 834. The van der Waals surface area contributed by atoms with Gasteiger partial charge in [0.25, 0.3) is 5.56 Å². The number of nitrogens with one attached hydrogen (secondary N) is 1. The fraction of sp³-hybridized carbons (Fsp3) is 0.714. The first kappa shape index (κ1) is 18.0. The van der Waals surface area contributed by atoms with Crippen molar-refractivity contribution < 1.29 is 35.1 Å². The summed E-state index contributed by atoms with van der Waals surface area (Å²) in [6, 6.07) is 0.983. The molecule has 1 aromatic rings. The highest BCUT2D eigenvalue weighted by Gasteiger charge is 2.44. The predicted octanol–water partition coefficient (Wildman–Crippen LogP) is 0.578. The Hall–Kier alpha value is -1.36. The monoisotopic (exact) mass is 398 g/mol. The van der Waals surface area contributed by atoms with Crippen molar-refractivity contribution >= 4 is 7.82 Å². The molecule has 148 valence electrons. The van der Waals surface area contributed by atoms with Crippen LogP contribution in [0.15, 0.2) is 21.9 Å². The highest BCUT2D eigenvalue weighted by molar-refractivity contribution is 7.47. The number of nitrogens with zero attached hydrogens (tertiary/aromatic N) is 1. The summed E-state index contributed by atoms with van der Waals surface area (Å²) in [5.74, 6) is -1.15. The van der Waals surface area contributed by atoms with E-state index in [1.54, 1.807) is 0 Å². The van der Waals surface area contributed by atoms with Crippen LogP contribution in [0.25, 0.3) is 0 Å². The Morgan fingerprint density at radius 1 is 1.46 bits per heavy atom. The fourth-order valence-corrected chi connectivity index (χ4v) is 2.94. The number of methoxy groups -OCH3 is 1. The van der Waals surface area contributed by atoms with Gasteiger partial charge in [-0.25, -0.2) is 13.8 Å². The van der Waals surface area contributed by atoms with Crippen LogP contribution in [-0.2, 0) is 23.1 Å². The molecule has 1 fully saturated rings. The maximum atomic E-state index is 14.7. The number of hydrogen-bond donors (Lipinski definition) is 2. The molecular formula is C14H22FN2O8P. The van der Waals surface area contributed by atoms with Crippen molar-refractivity contribution in [2.24, 2.45) is 5.92 Å². The van der Waals surface area contributed by atoms with E-state index < -0.39 is 50.1 Å². The van der Waals surface area contributed by atoms with Gasteiger partial charge >= 0.3 is 13.5 Å². The Morgan fingerprint density at radius 2 is 2.19 bits per heavy atom. The van der Waals surface area contributed by atoms with Gasteiger partial charge in [-0.1, -0.05) is 6.92 Å². The highest BCUT2D eigenvalue weighted by atomic mass is 31.2. The third-order valence-electron chi connectivity index (χ3n) is 3.70. The average Bonchev–Trinajstić information content (AvgIpc) is 2.87. The van der Waals surface area contributed by atoms with Crippen molar-refractivity contribution in [2.45, 2.75) is 31.8 Å². The van der Waals surface area contributed by atoms with Gasteiger partial charge in [0.05, 0.1) is 22.0 Å². The normalized spacial score (nSPS) is 29.8. The molecule has 0 spiro atoms. The summed E-state index contributed by atoms with van der Waals surface area (Å²) in [6.45, 7) is -1.57. The molecule has 0 bridgehead atoms. The fourth-order valence-electron chi connectivity index (χ4n) is 2.29. The van der Waals surface area contributed by atoms with Crippen LogP contribution in [0.4, 0.5) is 4.39 Å². The zero-order valence-corrected chi connectivity index (χ0v) is 15.1. The van der Waals surface area contributed by atoms with Gasteiger partial charge in [0, 0.05) is 31.9 Å². The van der Waals surface area contributed by atoms with E-state index in [0.717, 1.165) is 16.8 Å². The minimum atomic E-state index is -4.81. The minimum Gasteiger partial charge on any atom is -0.385 e. The molecule has 12 heteroatoms. The minimum absolute atomic E-state index is 0.222. The lowest BCUT2D eigenvalue weighted by molar-refractivity contribution is -0.0426. The van der Waals surface area contributed by atoms with Gasteiger partial charge in [-0.3, -0.25) is 23.4 Å². The van der Waals surface area contributed by atoms with E-state index in [9.17, 15) is 23.4 Å². The molecular weight excluding hydrogens is 374 g/mol. The van der Waals surface area contributed by atoms with Crippen molar-refractivity contribution in [1.82, 2.24) is 9.55 Å². The third kappa shape index (κ3) is 5.32. The van der Waals surface area contributed by atoms with Crippen LogP contribution in [-0.4, -0.2) is 53.6 Å². The molecule has 1 aromatic heterocycles. The molecule has 2 rings (SSSR count). The summed E-state index contributed by atoms with van der Waals surface area (Å²) in [5.41, 5.74) is -1.63. The van der Waals surface area contributed by atoms with Crippen LogP contribution in [0.5, 0.6) is 0 Å². The van der Waals surface area contributed by atoms with Crippen LogP contribution in [0, 0.1) is 5.92 Å². The number of alkyl halides is 1. The van der Waals surface area contributed by atoms with Gasteiger partial charge in [-0.15, -0.1) is 0 Å². The summed E-state index contributed by atoms with van der Waals surface area (Å²) in [5, 5.41) is 0. The molecule has 0 aliphatic carbocycles. The summed E-state index contributed by atoms with van der Waals surface area (Å²) in [7, 11) is -3.38. The molecule has 0 radical (unpaired) electrons. The van der Waals surface area contributed by atoms with Crippen molar-refractivity contribution in [1.29, 1.82) is 0 Å². The number of halogens is 1. The summed E-state index contributed by atoms with van der Waals surface area (Å²) in [4.78, 5) is 34.7. The van der Waals surface area contributed by atoms with E-state index in [1.807, 2.05) is 4.98 Å². The molecule has 2 N–H and O–H groups in total. The Labute approximate surface area is 151 Å². The standard InChI is InChI=1S/C14H22FN2O8P/c1-9-10(8-24-26(20,21)23-7-3-6-22-2)25-13(12(9)15)17-5-4-11(18)16-14(17)19/h4-5,9-10,12-13H,3,6-8H2,1-2H3,(H,20,21)(H,16,18,19)/t9-,10+,12?,13+/m0/s1/i8D2. The number of phosphoric acid groups is 1. The lowest BCUT2D eigenvalue weighted by Gasteiger charge is -2.18. The Morgan fingerprint density at radius 3 is 2.85 bits per heavy atom. The van der Waals surface area contributed by atoms with E-state index in [-0.39, 0.29) is 19.6 Å². The second-order valence-electron chi connectivity index (χ2n) is 5.63. The van der Waals surface area contributed by atoms with Gasteiger partial charge in [0.15, 0.2) is 12.4 Å². The molecule has 1 saturated heterocycles. The first-order valence-corrected chi connectivity index (χ1v) is 9.26. The van der Waals surface area contributed by atoms with Crippen LogP contribution in [0.1, 0.15) is 22.3 Å². The molecule has 5 atom stereocenters. The number of rotatable bonds is 9. The second kappa shape index (κ2) is 9.03. The van der Waals surface area contributed by atoms with E-state index in [1.165, 1.54) is 14.0 Å². The number of aromatic amines is 1. The maximum absolute atomic E-state index is 14.7. The lowest BCUT2D eigenvalue weighted by Crippen LogP contribution is -2.34. The van der Waals surface area contributed by atoms with Crippen molar-refractivity contribution in [3.63, 3.8) is 0 Å². The highest BCUT2D eigenvalue weighted by Crippen LogP contribution is 2.45. The van der Waals surface area contributed by atoms with Gasteiger partial charge in [0.2, 0.25) is 0 Å². The molecule has 0 aromatic carbocycles. The molecule has 2 unspecified atom stereocenters. The zero-order valence-electron chi connectivity index (χ0n) is 16.2. The summed E-state index contributed by atoms with van der Waals surface area (Å²) in [6.07, 6.45) is -3.75. The lowest BCUT2D eigenvalue weighted by atomic mass is 10.0. The SMILES string of the molecule is [2H]C([2H])(OP(=O)(O)OCCCOC)[C@H]1O[C@@H](n2ccc(=O)[nH]c2=O)C(F)[C@H]1C. The summed E-state index contributed by atoms with van der Waals surface area (Å²) < 4.78 is 62.6. The maximum Gasteiger partial charge on any atom is 0.472 e. The average molecular weight is 398 g/mol. The molecule has 10 nitrogen and oxygen atoms in total. The van der Waals surface area contributed by atoms with Crippen LogP contribution < -0.4 is 11.2 Å². The largest absolute Gasteiger partial charge is 0.472 e. The molecule has 2 heterocycles. The van der Waals surface area contributed by atoms with E-state index in [2.05, 4.69) is 9.05 Å². The van der Waals surface area contributed by atoms with Crippen LogP contribution >= 0.6 is 7.82 Å². The molecule has 0 amide bonds. The first-order chi connectivity index (χ1) is 13.0.